The van der Waals surface area contributed by atoms with Crippen molar-refractivity contribution in [1.29, 1.82) is 0 Å². The molecule has 1 aromatic rings. The molecule has 1 saturated heterocycles. The average molecular weight is 245 g/mol. The summed E-state index contributed by atoms with van der Waals surface area (Å²) >= 11 is 3.25. The predicted octanol–water partition coefficient (Wildman–Crippen LogP) is 1.41. The molecule has 2 heterocycles. The van der Waals surface area contributed by atoms with Gasteiger partial charge in [-0.15, -0.1) is 0 Å². The van der Waals surface area contributed by atoms with Gasteiger partial charge in [-0.05, 0) is 15.9 Å². The van der Waals surface area contributed by atoms with Gasteiger partial charge in [0, 0.05) is 18.8 Å². The van der Waals surface area contributed by atoms with Crippen LogP contribution in [0.1, 0.15) is 6.42 Å². The van der Waals surface area contributed by atoms with Crippen LogP contribution in [0.4, 0.5) is 0 Å². The van der Waals surface area contributed by atoms with Gasteiger partial charge in [0.25, 0.3) is 0 Å². The van der Waals surface area contributed by atoms with E-state index in [1.165, 1.54) is 0 Å². The van der Waals surface area contributed by atoms with Crippen LogP contribution >= 0.6 is 15.9 Å². The molecule has 0 N–H and O–H groups in total. The first kappa shape index (κ1) is 8.90. The third kappa shape index (κ3) is 2.38. The van der Waals surface area contributed by atoms with Crippen LogP contribution in [0, 0.1) is 0 Å². The van der Waals surface area contributed by atoms with Gasteiger partial charge in [0.2, 0.25) is 0 Å². The highest BCUT2D eigenvalue weighted by atomic mass is 79.9. The maximum absolute atomic E-state index is 5.46. The average Bonchev–Trinajstić information content (AvgIpc) is 2.62. The number of hydrogen-bond acceptors (Lipinski definition) is 4. The number of ether oxygens (including phenoxy) is 2. The van der Waals surface area contributed by atoms with E-state index in [2.05, 4.69) is 25.9 Å². The molecule has 4 nitrogen and oxygen atoms in total. The maximum Gasteiger partial charge on any atom is 0.316 e. The lowest BCUT2D eigenvalue weighted by Gasteiger charge is -2.08. The summed E-state index contributed by atoms with van der Waals surface area (Å²) in [6.45, 7) is 1.40. The Morgan fingerprint density at radius 1 is 1.46 bits per heavy atom. The zero-order valence-corrected chi connectivity index (χ0v) is 8.53. The van der Waals surface area contributed by atoms with Crippen molar-refractivity contribution >= 4 is 15.9 Å². The van der Waals surface area contributed by atoms with Gasteiger partial charge in [0.15, 0.2) is 0 Å². The van der Waals surface area contributed by atoms with E-state index in [1.807, 2.05) is 0 Å². The van der Waals surface area contributed by atoms with E-state index in [0.717, 1.165) is 17.5 Å². The summed E-state index contributed by atoms with van der Waals surface area (Å²) in [5.74, 6) is 0. The fourth-order valence-corrected chi connectivity index (χ4v) is 1.32. The molecule has 70 valence electrons. The van der Waals surface area contributed by atoms with Crippen molar-refractivity contribution in [3.63, 3.8) is 0 Å². The molecule has 0 aliphatic carbocycles. The molecule has 1 aliphatic heterocycles. The van der Waals surface area contributed by atoms with Gasteiger partial charge >= 0.3 is 6.01 Å². The molecule has 1 aliphatic rings. The molecule has 2 rings (SSSR count). The molecule has 0 amide bonds. The van der Waals surface area contributed by atoms with Crippen LogP contribution in [0.25, 0.3) is 0 Å². The lowest BCUT2D eigenvalue weighted by Crippen LogP contribution is -2.17. The van der Waals surface area contributed by atoms with Crippen LogP contribution in [0.3, 0.4) is 0 Å². The number of rotatable bonds is 2. The van der Waals surface area contributed by atoms with Crippen molar-refractivity contribution in [2.45, 2.75) is 12.5 Å². The second-order valence-corrected chi connectivity index (χ2v) is 3.70. The van der Waals surface area contributed by atoms with Crippen LogP contribution < -0.4 is 4.74 Å². The smallest absolute Gasteiger partial charge is 0.316 e. The predicted molar refractivity (Wildman–Crippen MR) is 49.6 cm³/mol. The van der Waals surface area contributed by atoms with E-state index in [9.17, 15) is 0 Å². The van der Waals surface area contributed by atoms with Crippen molar-refractivity contribution in [3.05, 3.63) is 16.9 Å². The van der Waals surface area contributed by atoms with Crippen LogP contribution in [0.15, 0.2) is 16.9 Å². The highest BCUT2D eigenvalue weighted by Crippen LogP contribution is 2.13. The number of halogens is 1. The van der Waals surface area contributed by atoms with Gasteiger partial charge in [-0.25, -0.2) is 9.97 Å². The first-order valence-corrected chi connectivity index (χ1v) is 4.86. The van der Waals surface area contributed by atoms with E-state index >= 15 is 0 Å². The minimum absolute atomic E-state index is 0.112. The summed E-state index contributed by atoms with van der Waals surface area (Å²) in [5.41, 5.74) is 0. The zero-order valence-electron chi connectivity index (χ0n) is 6.94. The number of hydrogen-bond donors (Lipinski definition) is 0. The van der Waals surface area contributed by atoms with Gasteiger partial charge < -0.3 is 9.47 Å². The van der Waals surface area contributed by atoms with Crippen molar-refractivity contribution in [3.8, 4) is 6.01 Å². The van der Waals surface area contributed by atoms with E-state index in [0.29, 0.717) is 12.6 Å². The van der Waals surface area contributed by atoms with Crippen LogP contribution in [0.2, 0.25) is 0 Å². The molecule has 5 heteroatoms. The van der Waals surface area contributed by atoms with Gasteiger partial charge in [-0.3, -0.25) is 0 Å². The summed E-state index contributed by atoms with van der Waals surface area (Å²) in [6.07, 6.45) is 4.36. The van der Waals surface area contributed by atoms with E-state index in [4.69, 9.17) is 9.47 Å². The third-order valence-electron chi connectivity index (χ3n) is 1.76. The largest absolute Gasteiger partial charge is 0.458 e. The molecule has 0 radical (unpaired) electrons. The Morgan fingerprint density at radius 3 is 2.85 bits per heavy atom. The molecule has 13 heavy (non-hydrogen) atoms. The molecule has 0 spiro atoms. The molecule has 0 aromatic carbocycles. The van der Waals surface area contributed by atoms with Crippen LogP contribution in [-0.2, 0) is 4.74 Å². The Morgan fingerprint density at radius 2 is 2.23 bits per heavy atom. The van der Waals surface area contributed by atoms with Crippen molar-refractivity contribution in [2.24, 2.45) is 0 Å². The fourth-order valence-electron chi connectivity index (χ4n) is 1.12. The quantitative estimate of drug-likeness (QED) is 0.790. The second-order valence-electron chi connectivity index (χ2n) is 2.79. The minimum atomic E-state index is 0.112. The molecule has 1 atom stereocenters. The maximum atomic E-state index is 5.46. The van der Waals surface area contributed by atoms with E-state index in [1.54, 1.807) is 12.4 Å². The number of nitrogens with zero attached hydrogens (tertiary/aromatic N) is 2. The highest BCUT2D eigenvalue weighted by Gasteiger charge is 2.17. The molecular formula is C8H9BrN2O2. The lowest BCUT2D eigenvalue weighted by molar-refractivity contribution is 0.134. The summed E-state index contributed by atoms with van der Waals surface area (Å²) in [7, 11) is 0. The minimum Gasteiger partial charge on any atom is -0.458 e. The molecule has 0 saturated carbocycles. The monoisotopic (exact) mass is 244 g/mol. The second kappa shape index (κ2) is 4.02. The first-order valence-electron chi connectivity index (χ1n) is 4.06. The van der Waals surface area contributed by atoms with Crippen LogP contribution in [0.5, 0.6) is 6.01 Å². The van der Waals surface area contributed by atoms with Crippen molar-refractivity contribution in [1.82, 2.24) is 9.97 Å². The Bertz CT molecular complexity index is 272. The Labute approximate surface area is 84.4 Å². The van der Waals surface area contributed by atoms with Gasteiger partial charge in [0.05, 0.1) is 17.7 Å². The third-order valence-corrected chi connectivity index (χ3v) is 2.17. The molecule has 1 aromatic heterocycles. The first-order chi connectivity index (χ1) is 6.34. The Balaban J connectivity index is 1.97. The standard InChI is InChI=1S/C8H9BrN2O2/c9-6-3-10-8(11-4-6)13-7-1-2-12-5-7/h3-4,7H,1-2,5H2. The SMILES string of the molecule is Brc1cnc(OC2CCOC2)nc1. The number of aromatic nitrogens is 2. The Hall–Kier alpha value is -0.680. The van der Waals surface area contributed by atoms with Crippen molar-refractivity contribution < 1.29 is 9.47 Å². The highest BCUT2D eigenvalue weighted by molar-refractivity contribution is 9.10. The summed E-state index contributed by atoms with van der Waals surface area (Å²) < 4.78 is 11.5. The molecule has 1 fully saturated rings. The summed E-state index contributed by atoms with van der Waals surface area (Å²) in [5, 5.41) is 0. The molecular weight excluding hydrogens is 236 g/mol. The van der Waals surface area contributed by atoms with Gasteiger partial charge in [-0.2, -0.15) is 0 Å². The van der Waals surface area contributed by atoms with Gasteiger partial charge in [-0.1, -0.05) is 0 Å². The van der Waals surface area contributed by atoms with Crippen molar-refractivity contribution in [2.75, 3.05) is 13.2 Å². The van der Waals surface area contributed by atoms with Crippen LogP contribution in [-0.4, -0.2) is 29.3 Å². The normalized spacial score (nSPS) is 21.8. The molecule has 1 unspecified atom stereocenters. The topological polar surface area (TPSA) is 44.2 Å². The molecule has 0 bridgehead atoms. The summed E-state index contributed by atoms with van der Waals surface area (Å²) in [6, 6.07) is 0.415. The fraction of sp³-hybridized carbons (Fsp3) is 0.500. The zero-order chi connectivity index (χ0) is 9.10. The summed E-state index contributed by atoms with van der Waals surface area (Å²) in [4.78, 5) is 8.01. The van der Waals surface area contributed by atoms with E-state index in [-0.39, 0.29) is 6.10 Å². The Kier molecular flexibility index (Phi) is 2.75. The van der Waals surface area contributed by atoms with E-state index < -0.39 is 0 Å². The lowest BCUT2D eigenvalue weighted by atomic mass is 10.3. The van der Waals surface area contributed by atoms with Gasteiger partial charge in [0.1, 0.15) is 6.10 Å².